The number of nitrogens with zero attached hydrogens (tertiary/aromatic N) is 1. The molecule has 0 aromatic heterocycles. The Morgan fingerprint density at radius 2 is 2.06 bits per heavy atom. The molecule has 1 heterocycles. The number of nitrogens with one attached hydrogen (secondary N) is 2. The Balaban J connectivity index is 1.71. The van der Waals surface area contributed by atoms with Gasteiger partial charge in [0.05, 0.1) is 25.2 Å². The SMILES string of the molecule is CN=C(N)[NH+]1CCC2(CNC)C=CC3C4(O)C(C(=O)[O-])=C5CC6CCC(CCCCC4OC)C53C62C1. The zero-order valence-electron chi connectivity index (χ0n) is 21.9. The zero-order chi connectivity index (χ0) is 25.5. The molecule has 6 rings (SSSR count). The Morgan fingerprint density at radius 1 is 1.31 bits per heavy atom. The maximum atomic E-state index is 13.0. The number of quaternary nitrogens is 1. The van der Waals surface area contributed by atoms with E-state index in [9.17, 15) is 15.0 Å². The Kier molecular flexibility index (Phi) is 5.55. The molecule has 0 amide bonds. The lowest BCUT2D eigenvalue weighted by atomic mass is 9.35. The van der Waals surface area contributed by atoms with Gasteiger partial charge >= 0.3 is 0 Å². The molecule has 6 aliphatic rings. The van der Waals surface area contributed by atoms with Gasteiger partial charge in [0.15, 0.2) is 0 Å². The summed E-state index contributed by atoms with van der Waals surface area (Å²) in [5.74, 6) is -0.275. The second-order valence-electron chi connectivity index (χ2n) is 12.4. The van der Waals surface area contributed by atoms with Crippen LogP contribution in [0.3, 0.4) is 0 Å². The summed E-state index contributed by atoms with van der Waals surface area (Å²) >= 11 is 0. The van der Waals surface area contributed by atoms with Crippen LogP contribution in [0.15, 0.2) is 28.3 Å². The van der Waals surface area contributed by atoms with Crippen molar-refractivity contribution in [3.63, 3.8) is 0 Å². The molecule has 5 aliphatic carbocycles. The number of hydrogen-bond acceptors (Lipinski definition) is 6. The number of rotatable bonds is 4. The van der Waals surface area contributed by atoms with Crippen LogP contribution in [0.4, 0.5) is 0 Å². The molecule has 0 aromatic rings. The van der Waals surface area contributed by atoms with Gasteiger partial charge in [0, 0.05) is 54.9 Å². The van der Waals surface area contributed by atoms with Crippen LogP contribution in [-0.4, -0.2) is 69.6 Å². The Hall–Kier alpha value is -1.74. The van der Waals surface area contributed by atoms with E-state index in [-0.39, 0.29) is 22.3 Å². The van der Waals surface area contributed by atoms with Gasteiger partial charge in [-0.3, -0.25) is 4.90 Å². The summed E-state index contributed by atoms with van der Waals surface area (Å²) in [6.07, 6.45) is 11.5. The molecule has 3 bridgehead atoms. The van der Waals surface area contributed by atoms with Gasteiger partial charge < -0.3 is 30.8 Å². The third-order valence-electron chi connectivity index (χ3n) is 11.8. The van der Waals surface area contributed by atoms with Crippen LogP contribution in [0.2, 0.25) is 0 Å². The van der Waals surface area contributed by atoms with Gasteiger partial charge in [-0.1, -0.05) is 30.6 Å². The van der Waals surface area contributed by atoms with Crippen molar-refractivity contribution in [1.82, 2.24) is 5.32 Å². The van der Waals surface area contributed by atoms with Crippen molar-refractivity contribution >= 4 is 11.9 Å². The van der Waals surface area contributed by atoms with E-state index in [4.69, 9.17) is 10.5 Å². The number of hydrogen-bond donors (Lipinski definition) is 4. The second-order valence-corrected chi connectivity index (χ2v) is 12.4. The molecule has 8 heteroatoms. The number of nitrogens with two attached hydrogens (primary N) is 1. The van der Waals surface area contributed by atoms with Gasteiger partial charge in [0.2, 0.25) is 0 Å². The van der Waals surface area contributed by atoms with Crippen LogP contribution in [0.5, 0.6) is 0 Å². The Labute approximate surface area is 214 Å². The molecular weight excluding hydrogens is 456 g/mol. The lowest BCUT2D eigenvalue weighted by Gasteiger charge is -2.69. The molecule has 5 N–H and O–H groups in total. The largest absolute Gasteiger partial charge is 0.545 e. The highest BCUT2D eigenvalue weighted by Gasteiger charge is 2.84. The van der Waals surface area contributed by atoms with Crippen molar-refractivity contribution in [3.8, 4) is 0 Å². The normalized spacial score (nSPS) is 49.3. The van der Waals surface area contributed by atoms with Gasteiger partial charge in [-0.05, 0) is 51.0 Å². The predicted octanol–water partition coefficient (Wildman–Crippen LogP) is -0.606. The van der Waals surface area contributed by atoms with Gasteiger partial charge in [-0.15, -0.1) is 0 Å². The molecule has 0 radical (unpaired) electrons. The van der Waals surface area contributed by atoms with E-state index in [1.54, 1.807) is 14.2 Å². The third-order valence-corrected chi connectivity index (χ3v) is 11.8. The fourth-order valence-corrected chi connectivity index (χ4v) is 10.9. The minimum atomic E-state index is -1.59. The quantitative estimate of drug-likeness (QED) is 0.233. The first-order valence-electron chi connectivity index (χ1n) is 13.9. The highest BCUT2D eigenvalue weighted by Crippen LogP contribution is 2.83. The fraction of sp³-hybridized carbons (Fsp3) is 0.786. The maximum absolute atomic E-state index is 13.0. The molecule has 1 aliphatic heterocycles. The number of likely N-dealkylation sites (tertiary alicyclic amines) is 1. The second kappa shape index (κ2) is 8.13. The van der Waals surface area contributed by atoms with E-state index in [2.05, 4.69) is 22.5 Å². The smallest absolute Gasteiger partial charge is 0.293 e. The molecule has 198 valence electrons. The number of ether oxygens (including phenoxy) is 1. The summed E-state index contributed by atoms with van der Waals surface area (Å²) in [4.78, 5) is 18.6. The first kappa shape index (κ1) is 24.6. The van der Waals surface area contributed by atoms with E-state index in [0.717, 1.165) is 70.2 Å². The van der Waals surface area contributed by atoms with Gasteiger partial charge in [0.25, 0.3) is 5.96 Å². The lowest BCUT2D eigenvalue weighted by Crippen LogP contribution is -3.19. The maximum Gasteiger partial charge on any atom is 0.293 e. The number of carboxylic acids is 1. The van der Waals surface area contributed by atoms with Crippen molar-refractivity contribution < 1.29 is 24.6 Å². The van der Waals surface area contributed by atoms with Gasteiger partial charge in [0.1, 0.15) is 5.60 Å². The molecule has 9 atom stereocenters. The topological polar surface area (TPSA) is 124 Å². The average Bonchev–Trinajstić information content (AvgIpc) is 3.21. The molecule has 36 heavy (non-hydrogen) atoms. The number of methoxy groups -OCH3 is 1. The summed E-state index contributed by atoms with van der Waals surface area (Å²) in [6, 6.07) is 0. The van der Waals surface area contributed by atoms with E-state index < -0.39 is 23.1 Å². The van der Waals surface area contributed by atoms with Gasteiger partial charge in [-0.25, -0.2) is 4.99 Å². The first-order chi connectivity index (χ1) is 17.3. The number of carbonyl (C=O) groups is 1. The predicted molar refractivity (Wildman–Crippen MR) is 134 cm³/mol. The lowest BCUT2D eigenvalue weighted by molar-refractivity contribution is -0.831. The molecule has 9 unspecified atom stereocenters. The highest BCUT2D eigenvalue weighted by atomic mass is 16.5. The summed E-state index contributed by atoms with van der Waals surface area (Å²) in [5.41, 5.74) is 5.22. The molecule has 3 saturated carbocycles. The summed E-state index contributed by atoms with van der Waals surface area (Å²) in [5, 5.41) is 29.2. The minimum absolute atomic E-state index is 0.139. The van der Waals surface area contributed by atoms with E-state index in [1.165, 1.54) is 4.90 Å². The zero-order valence-corrected chi connectivity index (χ0v) is 21.9. The molecular formula is C28H42N4O4. The van der Waals surface area contributed by atoms with Crippen molar-refractivity contribution in [2.24, 2.45) is 44.7 Å². The van der Waals surface area contributed by atoms with E-state index >= 15 is 0 Å². The van der Waals surface area contributed by atoms with E-state index in [1.807, 2.05) is 7.05 Å². The molecule has 2 spiro atoms. The monoisotopic (exact) mass is 498 g/mol. The average molecular weight is 499 g/mol. The number of allylic oxidation sites excluding steroid dienone is 1. The molecule has 8 nitrogen and oxygen atoms in total. The number of guanidine groups is 1. The van der Waals surface area contributed by atoms with Crippen molar-refractivity contribution in [3.05, 3.63) is 23.3 Å². The number of aliphatic hydroxyl groups is 1. The van der Waals surface area contributed by atoms with Crippen molar-refractivity contribution in [2.45, 2.75) is 63.1 Å². The van der Waals surface area contributed by atoms with Crippen LogP contribution in [0, 0.1) is 34.0 Å². The van der Waals surface area contributed by atoms with Crippen LogP contribution >= 0.6 is 0 Å². The summed E-state index contributed by atoms with van der Waals surface area (Å²) in [6.45, 7) is 2.54. The molecule has 0 aromatic carbocycles. The van der Waals surface area contributed by atoms with Crippen LogP contribution < -0.4 is 21.1 Å². The van der Waals surface area contributed by atoms with Crippen molar-refractivity contribution in [1.29, 1.82) is 0 Å². The summed E-state index contributed by atoms with van der Waals surface area (Å²) < 4.78 is 5.95. The fourth-order valence-electron chi connectivity index (χ4n) is 10.9. The number of piperidine rings is 1. The highest BCUT2D eigenvalue weighted by molar-refractivity contribution is 5.91. The standard InChI is InChI=1S/C28H42N4O4/c1-30-15-25-11-10-20-27-17-6-4-5-7-21(36-3)28(20,35)22(23(33)34)19(27)14-18(9-8-17)26(25,27)16-32(13-12-25)24(29)31-2/h10-11,17-18,20-21,30,35H,4-9,12-16H2,1-3H3,(H2,29,31)(H,33,34). The molecule has 4 fully saturated rings. The first-order valence-corrected chi connectivity index (χ1v) is 13.9. The Morgan fingerprint density at radius 3 is 2.75 bits per heavy atom. The minimum Gasteiger partial charge on any atom is -0.545 e. The number of aliphatic imine (C=N–C) groups is 1. The van der Waals surface area contributed by atoms with Crippen molar-refractivity contribution in [2.75, 3.05) is 40.8 Å². The number of carboxylic acid groups (broad SMARTS) is 1. The van der Waals surface area contributed by atoms with Gasteiger partial charge in [-0.2, -0.15) is 0 Å². The Bertz CT molecular complexity index is 1060. The number of aliphatic carboxylic acids is 1. The van der Waals surface area contributed by atoms with Crippen LogP contribution in [-0.2, 0) is 9.53 Å². The third kappa shape index (κ3) is 2.55. The molecule has 1 saturated heterocycles. The summed E-state index contributed by atoms with van der Waals surface area (Å²) in [7, 11) is 5.39. The number of carbonyl (C=O) groups excluding carboxylic acids is 1. The van der Waals surface area contributed by atoms with Crippen LogP contribution in [0.25, 0.3) is 0 Å². The van der Waals surface area contributed by atoms with E-state index in [0.29, 0.717) is 24.2 Å². The van der Waals surface area contributed by atoms with Crippen LogP contribution in [0.1, 0.15) is 51.4 Å².